The molecule has 22 nitrogen and oxygen atoms in total. The number of unbranched alkanes of at least 4 members (excludes halogenated alkanes) is 10. The molecule has 0 saturated carbocycles. The van der Waals surface area contributed by atoms with Crippen molar-refractivity contribution in [1.82, 2.24) is 42.1 Å². The van der Waals surface area contributed by atoms with Crippen molar-refractivity contribution in [2.45, 2.75) is 167 Å². The first kappa shape index (κ1) is 54.2. The Hall–Kier alpha value is -5.83. The van der Waals surface area contributed by atoms with Gasteiger partial charge in [0.05, 0.1) is 19.4 Å². The van der Waals surface area contributed by atoms with Crippen LogP contribution in [0.15, 0.2) is 0 Å². The van der Waals surface area contributed by atoms with Crippen LogP contribution in [0.1, 0.15) is 130 Å². The molecule has 1 rings (SSSR count). The molecule has 22 heteroatoms. The second-order valence-corrected chi connectivity index (χ2v) is 15.6. The van der Waals surface area contributed by atoms with E-state index in [1.165, 1.54) is 65.7 Å². The molecular formula is C40H68N10O12. The van der Waals surface area contributed by atoms with Crippen LogP contribution in [-0.2, 0) is 52.7 Å². The molecule has 0 unspecified atom stereocenters. The van der Waals surface area contributed by atoms with Crippen LogP contribution in [0.4, 0.5) is 0 Å². The number of nitrogens with one attached hydrogen (secondary N) is 7. The Morgan fingerprint density at radius 3 is 1.65 bits per heavy atom. The van der Waals surface area contributed by atoms with E-state index >= 15 is 0 Å². The van der Waals surface area contributed by atoms with E-state index in [9.17, 15) is 52.7 Å². The van der Waals surface area contributed by atoms with Crippen LogP contribution in [0, 0.1) is 0 Å². The summed E-state index contributed by atoms with van der Waals surface area (Å²) in [5.74, 6) is -9.57. The molecule has 0 radical (unpaired) electrons. The number of hydrogen-bond acceptors (Lipinski definition) is 11. The van der Waals surface area contributed by atoms with Crippen molar-refractivity contribution in [1.29, 1.82) is 0 Å². The summed E-state index contributed by atoms with van der Waals surface area (Å²) >= 11 is 0. The monoisotopic (exact) mass is 881 g/mol. The van der Waals surface area contributed by atoms with Crippen molar-refractivity contribution in [2.75, 3.05) is 19.6 Å². The summed E-state index contributed by atoms with van der Waals surface area (Å²) < 4.78 is 0. The number of nitrogens with zero attached hydrogens (tertiary/aromatic N) is 1. The lowest BCUT2D eigenvalue weighted by molar-refractivity contribution is -0.143. The molecule has 0 aromatic heterocycles. The van der Waals surface area contributed by atoms with E-state index in [0.717, 1.165) is 24.2 Å². The molecule has 0 spiro atoms. The summed E-state index contributed by atoms with van der Waals surface area (Å²) in [5.41, 5.74) is 10.7. The number of amides is 10. The second kappa shape index (κ2) is 29.4. The van der Waals surface area contributed by atoms with E-state index < -0.39 is 121 Å². The Kier molecular flexibility index (Phi) is 25.7. The lowest BCUT2D eigenvalue weighted by atomic mass is 10.1. The molecule has 12 N–H and O–H groups in total. The van der Waals surface area contributed by atoms with Gasteiger partial charge < -0.3 is 58.7 Å². The zero-order valence-electron chi connectivity index (χ0n) is 36.4. The zero-order chi connectivity index (χ0) is 46.8. The maximum atomic E-state index is 13.7. The Bertz CT molecular complexity index is 1580. The minimum Gasteiger partial charge on any atom is -0.480 e. The summed E-state index contributed by atoms with van der Waals surface area (Å²) in [5, 5.41) is 25.1. The molecule has 1 saturated heterocycles. The van der Waals surface area contributed by atoms with Gasteiger partial charge in [-0.2, -0.15) is 0 Å². The second-order valence-electron chi connectivity index (χ2n) is 15.6. The van der Waals surface area contributed by atoms with Crippen LogP contribution in [0.2, 0.25) is 0 Å². The average molecular weight is 881 g/mol. The van der Waals surface area contributed by atoms with Gasteiger partial charge in [0.1, 0.15) is 42.8 Å². The summed E-state index contributed by atoms with van der Waals surface area (Å²) in [6.45, 7) is 4.95. The molecule has 1 fully saturated rings. The summed E-state index contributed by atoms with van der Waals surface area (Å²) in [7, 11) is 0. The quantitative estimate of drug-likeness (QED) is 0.0346. The van der Waals surface area contributed by atoms with Gasteiger partial charge in [-0.1, -0.05) is 71.1 Å². The smallest absolute Gasteiger partial charge is 0.322 e. The number of carboxylic acid groups (broad SMARTS) is 1. The molecule has 10 amide bonds. The van der Waals surface area contributed by atoms with Gasteiger partial charge >= 0.3 is 5.97 Å². The van der Waals surface area contributed by atoms with Crippen molar-refractivity contribution < 1.29 is 57.8 Å². The van der Waals surface area contributed by atoms with Crippen LogP contribution in [0.3, 0.4) is 0 Å². The number of primary amides is 2. The number of carboxylic acids is 1. The van der Waals surface area contributed by atoms with Crippen molar-refractivity contribution in [3.8, 4) is 0 Å². The lowest BCUT2D eigenvalue weighted by Gasteiger charge is -2.30. The number of nitrogens with two attached hydrogens (primary N) is 2. The Labute approximate surface area is 362 Å². The zero-order valence-corrected chi connectivity index (χ0v) is 36.4. The van der Waals surface area contributed by atoms with Crippen molar-refractivity contribution in [3.63, 3.8) is 0 Å². The normalized spacial score (nSPS) is 15.7. The predicted molar refractivity (Wildman–Crippen MR) is 224 cm³/mol. The number of carbonyl (C=O) groups is 11. The molecule has 62 heavy (non-hydrogen) atoms. The minimum absolute atomic E-state index is 0.00462. The molecule has 0 aromatic carbocycles. The Morgan fingerprint density at radius 2 is 1.08 bits per heavy atom. The number of aliphatic carboxylic acids is 1. The van der Waals surface area contributed by atoms with E-state index in [1.807, 2.05) is 0 Å². The highest BCUT2D eigenvalue weighted by molar-refractivity contribution is 5.99. The van der Waals surface area contributed by atoms with Crippen LogP contribution in [0.5, 0.6) is 0 Å². The first-order valence-electron chi connectivity index (χ1n) is 21.4. The van der Waals surface area contributed by atoms with Gasteiger partial charge in [0.15, 0.2) is 0 Å². The van der Waals surface area contributed by atoms with Gasteiger partial charge in [0, 0.05) is 13.0 Å². The third kappa shape index (κ3) is 22.1. The molecular weight excluding hydrogens is 812 g/mol. The fourth-order valence-electron chi connectivity index (χ4n) is 6.55. The van der Waals surface area contributed by atoms with Crippen LogP contribution in [-0.4, -0.2) is 131 Å². The van der Waals surface area contributed by atoms with Crippen LogP contribution in [0.25, 0.3) is 0 Å². The number of carbonyl (C=O) groups excluding carboxylic acids is 10. The maximum Gasteiger partial charge on any atom is 0.322 e. The van der Waals surface area contributed by atoms with E-state index in [4.69, 9.17) is 16.6 Å². The van der Waals surface area contributed by atoms with Crippen molar-refractivity contribution in [3.05, 3.63) is 0 Å². The highest BCUT2D eigenvalue weighted by atomic mass is 16.4. The third-order valence-electron chi connectivity index (χ3n) is 10.0. The van der Waals surface area contributed by atoms with Gasteiger partial charge in [-0.05, 0) is 40.0 Å². The number of rotatable bonds is 31. The van der Waals surface area contributed by atoms with E-state index in [0.29, 0.717) is 12.8 Å². The number of hydrogen-bond donors (Lipinski definition) is 10. The minimum atomic E-state index is -1.62. The Morgan fingerprint density at radius 1 is 0.581 bits per heavy atom. The van der Waals surface area contributed by atoms with Crippen LogP contribution >= 0.6 is 0 Å². The first-order chi connectivity index (χ1) is 29.3. The first-order valence-corrected chi connectivity index (χ1v) is 21.4. The number of likely N-dealkylation sites (tertiary alicyclic amines) is 1. The van der Waals surface area contributed by atoms with Crippen molar-refractivity contribution in [2.24, 2.45) is 11.5 Å². The largest absolute Gasteiger partial charge is 0.480 e. The topological polar surface area (TPSA) is 347 Å². The molecule has 1 aliphatic rings. The molecule has 0 bridgehead atoms. The van der Waals surface area contributed by atoms with Gasteiger partial charge in [0.2, 0.25) is 59.1 Å². The standard InChI is InChI=1S/C40H68N10O12/c1-5-6-7-8-9-10-11-12-13-14-15-18-32(53)43-22-33(54)45-25(3)37(59)49-28(21-31(42)52)40(62)50-19-16-17-29(50)39(61)48-27(20-30(41)51)38(60)47-26(4)36(58)46-24(2)35(57)44-23-34(55)56/h24-29H,5-23H2,1-4H3,(H2,41,51)(H2,42,52)(H,43,53)(H,44,57)(H,45,54)(H,46,58)(H,47,60)(H,48,61)(H,49,59)(H,55,56)/t24-,25-,26-,27-,28-,29-/m0/s1. The fourth-order valence-corrected chi connectivity index (χ4v) is 6.55. The average Bonchev–Trinajstić information content (AvgIpc) is 3.70. The molecule has 6 atom stereocenters. The highest BCUT2D eigenvalue weighted by Crippen LogP contribution is 2.20. The summed E-state index contributed by atoms with van der Waals surface area (Å²) in [4.78, 5) is 139. The third-order valence-corrected chi connectivity index (χ3v) is 10.0. The Balaban J connectivity index is 2.75. The molecule has 1 heterocycles. The molecule has 0 aromatic rings. The maximum absolute atomic E-state index is 13.7. The summed E-state index contributed by atoms with van der Waals surface area (Å²) in [6, 6.07) is -8.15. The van der Waals surface area contributed by atoms with Gasteiger partial charge in [-0.3, -0.25) is 52.7 Å². The molecule has 350 valence electrons. The molecule has 1 aliphatic heterocycles. The van der Waals surface area contributed by atoms with E-state index in [2.05, 4.69) is 44.1 Å². The predicted octanol–water partition coefficient (Wildman–Crippen LogP) is -1.77. The van der Waals surface area contributed by atoms with Gasteiger partial charge in [0.25, 0.3) is 0 Å². The highest BCUT2D eigenvalue weighted by Gasteiger charge is 2.40. The van der Waals surface area contributed by atoms with Crippen molar-refractivity contribution >= 4 is 65.0 Å². The van der Waals surface area contributed by atoms with E-state index in [-0.39, 0.29) is 25.3 Å². The fraction of sp³-hybridized carbons (Fsp3) is 0.725. The van der Waals surface area contributed by atoms with Gasteiger partial charge in [-0.15, -0.1) is 0 Å². The van der Waals surface area contributed by atoms with Crippen LogP contribution < -0.4 is 48.7 Å². The SMILES string of the molecule is CCCCCCCCCCCCCC(=O)NCC(=O)N[C@@H](C)C(=O)N[C@@H](CC(N)=O)C(=O)N1CCC[C@H]1C(=O)N[C@@H](CC(N)=O)C(=O)N[C@@H](C)C(=O)N[C@@H](C)C(=O)NCC(=O)O. The molecule has 0 aliphatic carbocycles. The lowest BCUT2D eigenvalue weighted by Crippen LogP contribution is -2.59. The summed E-state index contributed by atoms with van der Waals surface area (Å²) in [6.07, 6.45) is 11.7. The van der Waals surface area contributed by atoms with Gasteiger partial charge in [-0.25, -0.2) is 0 Å². The van der Waals surface area contributed by atoms with E-state index in [1.54, 1.807) is 0 Å².